The maximum atomic E-state index is 12.5. The summed E-state index contributed by atoms with van der Waals surface area (Å²) in [6.07, 6.45) is 5.49. The van der Waals surface area contributed by atoms with Crippen LogP contribution in [0.5, 0.6) is 0 Å². The normalized spacial score (nSPS) is 15.2. The van der Waals surface area contributed by atoms with Crippen LogP contribution in [0.1, 0.15) is 24.8 Å². The molecule has 0 unspecified atom stereocenters. The molecule has 140 valence electrons. The van der Waals surface area contributed by atoms with Gasteiger partial charge in [-0.1, -0.05) is 30.3 Å². The largest absolute Gasteiger partial charge is 0.370 e. The number of aromatic nitrogens is 3. The van der Waals surface area contributed by atoms with Crippen molar-refractivity contribution in [1.82, 2.24) is 19.0 Å². The van der Waals surface area contributed by atoms with Crippen LogP contribution >= 0.6 is 11.7 Å². The topological polar surface area (TPSA) is 71.0 Å². The summed E-state index contributed by atoms with van der Waals surface area (Å²) in [5, 5.41) is 3.11. The zero-order chi connectivity index (χ0) is 18.5. The van der Waals surface area contributed by atoms with E-state index in [1.54, 1.807) is 6.20 Å². The Morgan fingerprint density at radius 1 is 1.15 bits per heavy atom. The Labute approximate surface area is 163 Å². The third kappa shape index (κ3) is 4.24. The molecule has 27 heavy (non-hydrogen) atoms. The van der Waals surface area contributed by atoms with Gasteiger partial charge in [0.15, 0.2) is 5.65 Å². The molecular weight excluding hydrogens is 358 g/mol. The van der Waals surface area contributed by atoms with Gasteiger partial charge in [0.25, 0.3) is 0 Å². The Hall–Kier alpha value is -2.54. The van der Waals surface area contributed by atoms with E-state index < -0.39 is 0 Å². The molecule has 0 aliphatic carbocycles. The van der Waals surface area contributed by atoms with Gasteiger partial charge < -0.3 is 10.2 Å². The van der Waals surface area contributed by atoms with E-state index in [0.29, 0.717) is 5.65 Å². The van der Waals surface area contributed by atoms with Gasteiger partial charge in [0.05, 0.1) is 17.4 Å². The maximum Gasteiger partial charge on any atom is 0.223 e. The molecule has 1 fully saturated rings. The van der Waals surface area contributed by atoms with Crippen molar-refractivity contribution >= 4 is 34.5 Å². The number of rotatable bonds is 6. The van der Waals surface area contributed by atoms with E-state index in [1.807, 2.05) is 12.1 Å². The van der Waals surface area contributed by atoms with Crippen molar-refractivity contribution in [3.05, 3.63) is 48.2 Å². The second-order valence-corrected chi connectivity index (χ2v) is 7.44. The van der Waals surface area contributed by atoms with Crippen LogP contribution in [0.25, 0.3) is 11.2 Å². The van der Waals surface area contributed by atoms with Crippen LogP contribution in [0.3, 0.4) is 0 Å². The fourth-order valence-electron chi connectivity index (χ4n) is 3.62. The number of hydrogen-bond acceptors (Lipinski definition) is 6. The van der Waals surface area contributed by atoms with Crippen LogP contribution in [0.2, 0.25) is 0 Å². The highest BCUT2D eigenvalue weighted by Gasteiger charge is 2.26. The molecule has 6 nitrogen and oxygen atoms in total. The summed E-state index contributed by atoms with van der Waals surface area (Å²) in [4.78, 5) is 19.0. The third-order valence-corrected chi connectivity index (χ3v) is 5.65. The molecule has 4 rings (SSSR count). The SMILES string of the molecule is O=C(NCCCc1ccccc1)C1CCN(c2ccnc3nsnc23)CC1. The molecule has 1 aliphatic rings. The summed E-state index contributed by atoms with van der Waals surface area (Å²) in [5.74, 6) is 0.293. The van der Waals surface area contributed by atoms with Gasteiger partial charge in [-0.25, -0.2) is 4.98 Å². The van der Waals surface area contributed by atoms with E-state index in [-0.39, 0.29) is 11.8 Å². The van der Waals surface area contributed by atoms with Crippen molar-refractivity contribution in [2.45, 2.75) is 25.7 Å². The number of fused-ring (bicyclic) bond motifs is 1. The average Bonchev–Trinajstić information content (AvgIpc) is 3.21. The molecule has 2 aromatic heterocycles. The van der Waals surface area contributed by atoms with E-state index in [9.17, 15) is 4.79 Å². The number of nitrogens with one attached hydrogen (secondary N) is 1. The summed E-state index contributed by atoms with van der Waals surface area (Å²) in [6.45, 7) is 2.46. The highest BCUT2D eigenvalue weighted by molar-refractivity contribution is 7.00. The zero-order valence-corrected chi connectivity index (χ0v) is 16.0. The molecule has 0 saturated carbocycles. The van der Waals surface area contributed by atoms with Crippen molar-refractivity contribution in [3.63, 3.8) is 0 Å². The lowest BCUT2D eigenvalue weighted by Gasteiger charge is -2.32. The molecular formula is C20H23N5OS. The van der Waals surface area contributed by atoms with E-state index in [0.717, 1.165) is 56.5 Å². The van der Waals surface area contributed by atoms with Crippen molar-refractivity contribution in [2.75, 3.05) is 24.5 Å². The van der Waals surface area contributed by atoms with Gasteiger partial charge in [-0.3, -0.25) is 4.79 Å². The van der Waals surface area contributed by atoms with Gasteiger partial charge in [-0.15, -0.1) is 0 Å². The van der Waals surface area contributed by atoms with Crippen LogP contribution in [0, 0.1) is 5.92 Å². The van der Waals surface area contributed by atoms with E-state index in [4.69, 9.17) is 0 Å². The van der Waals surface area contributed by atoms with Gasteiger partial charge in [0.2, 0.25) is 5.91 Å². The Kier molecular flexibility index (Phi) is 5.58. The van der Waals surface area contributed by atoms with Crippen LogP contribution < -0.4 is 10.2 Å². The van der Waals surface area contributed by atoms with Gasteiger partial charge >= 0.3 is 0 Å². The highest BCUT2D eigenvalue weighted by Crippen LogP contribution is 2.28. The molecule has 1 aromatic carbocycles. The molecule has 1 amide bonds. The second kappa shape index (κ2) is 8.43. The van der Waals surface area contributed by atoms with Gasteiger partial charge in [-0.05, 0) is 37.3 Å². The van der Waals surface area contributed by atoms with Crippen LogP contribution in [-0.4, -0.2) is 39.3 Å². The number of hydrogen-bond donors (Lipinski definition) is 1. The Bertz CT molecular complexity index is 890. The molecule has 1 N–H and O–H groups in total. The summed E-state index contributed by atoms with van der Waals surface area (Å²) < 4.78 is 8.58. The number of pyridine rings is 1. The van der Waals surface area contributed by atoms with Gasteiger partial charge in [0, 0.05) is 31.7 Å². The minimum Gasteiger partial charge on any atom is -0.370 e. The van der Waals surface area contributed by atoms with Crippen LogP contribution in [0.15, 0.2) is 42.6 Å². The van der Waals surface area contributed by atoms with E-state index in [1.165, 1.54) is 17.3 Å². The first-order valence-corrected chi connectivity index (χ1v) is 10.2. The molecule has 0 spiro atoms. The van der Waals surface area contributed by atoms with Crippen molar-refractivity contribution in [3.8, 4) is 0 Å². The zero-order valence-electron chi connectivity index (χ0n) is 15.2. The summed E-state index contributed by atoms with van der Waals surface area (Å²) >= 11 is 1.19. The fraction of sp³-hybridized carbons (Fsp3) is 0.400. The predicted molar refractivity (Wildman–Crippen MR) is 108 cm³/mol. The summed E-state index contributed by atoms with van der Waals surface area (Å²) in [6, 6.07) is 12.4. The number of piperidine rings is 1. The molecule has 7 heteroatoms. The fourth-order valence-corrected chi connectivity index (χ4v) is 4.13. The second-order valence-electron chi connectivity index (χ2n) is 6.91. The Morgan fingerprint density at radius 3 is 2.78 bits per heavy atom. The van der Waals surface area contributed by atoms with Crippen molar-refractivity contribution < 1.29 is 4.79 Å². The number of aryl methyl sites for hydroxylation is 1. The number of benzene rings is 1. The molecule has 1 saturated heterocycles. The first-order chi connectivity index (χ1) is 13.3. The average molecular weight is 382 g/mol. The quantitative estimate of drug-likeness (QED) is 0.665. The molecule has 1 aliphatic heterocycles. The lowest BCUT2D eigenvalue weighted by Crippen LogP contribution is -2.41. The standard InChI is InChI=1S/C20H23N5OS/c26-20(22-11-4-7-15-5-2-1-3-6-15)16-9-13-25(14-10-16)17-8-12-21-19-18(17)23-27-24-19/h1-3,5-6,8,12,16H,4,7,9-11,13-14H2,(H,22,26). The van der Waals surface area contributed by atoms with Crippen LogP contribution in [-0.2, 0) is 11.2 Å². The number of carbonyl (C=O) groups excluding carboxylic acids is 1. The molecule has 0 bridgehead atoms. The van der Waals surface area contributed by atoms with E-state index in [2.05, 4.69) is 48.2 Å². The molecule has 3 aromatic rings. The van der Waals surface area contributed by atoms with Crippen molar-refractivity contribution in [2.24, 2.45) is 5.92 Å². The number of carbonyl (C=O) groups is 1. The van der Waals surface area contributed by atoms with Gasteiger partial charge in [-0.2, -0.15) is 8.75 Å². The maximum absolute atomic E-state index is 12.5. The lowest BCUT2D eigenvalue weighted by molar-refractivity contribution is -0.125. The lowest BCUT2D eigenvalue weighted by atomic mass is 9.95. The Balaban J connectivity index is 1.24. The number of anilines is 1. The Morgan fingerprint density at radius 2 is 1.96 bits per heavy atom. The number of amides is 1. The predicted octanol–water partition coefficient (Wildman–Crippen LogP) is 3.05. The monoisotopic (exact) mass is 381 g/mol. The number of nitrogens with zero attached hydrogens (tertiary/aromatic N) is 4. The van der Waals surface area contributed by atoms with Crippen LogP contribution in [0.4, 0.5) is 5.69 Å². The van der Waals surface area contributed by atoms with Crippen molar-refractivity contribution in [1.29, 1.82) is 0 Å². The molecule has 0 radical (unpaired) electrons. The first-order valence-electron chi connectivity index (χ1n) is 9.45. The summed E-state index contributed by atoms with van der Waals surface area (Å²) in [7, 11) is 0. The summed E-state index contributed by atoms with van der Waals surface area (Å²) in [5.41, 5.74) is 3.97. The minimum absolute atomic E-state index is 0.101. The molecule has 0 atom stereocenters. The first kappa shape index (κ1) is 17.9. The molecule has 3 heterocycles. The smallest absolute Gasteiger partial charge is 0.223 e. The minimum atomic E-state index is 0.101. The third-order valence-electron chi connectivity index (χ3n) is 5.13. The highest BCUT2D eigenvalue weighted by atomic mass is 32.1. The van der Waals surface area contributed by atoms with Gasteiger partial charge in [0.1, 0.15) is 5.52 Å². The van der Waals surface area contributed by atoms with E-state index >= 15 is 0 Å².